The van der Waals surface area contributed by atoms with Gasteiger partial charge in [-0.05, 0) is 43.9 Å². The molecule has 5 nitrogen and oxygen atoms in total. The topological polar surface area (TPSA) is 67.1 Å². The molecule has 16 heavy (non-hydrogen) atoms. The molecule has 0 fully saturated rings. The van der Waals surface area contributed by atoms with Crippen LogP contribution in [0.15, 0.2) is 10.7 Å². The highest BCUT2D eigenvalue weighted by molar-refractivity contribution is 9.10. The van der Waals surface area contributed by atoms with Gasteiger partial charge in [0, 0.05) is 18.2 Å². The summed E-state index contributed by atoms with van der Waals surface area (Å²) in [6, 6.07) is 1.67. The molecule has 90 valence electrons. The van der Waals surface area contributed by atoms with Crippen molar-refractivity contribution in [2.45, 2.75) is 19.4 Å². The van der Waals surface area contributed by atoms with E-state index in [-0.39, 0.29) is 5.54 Å². The molecule has 0 aliphatic carbocycles. The number of likely N-dealkylation sites (N-methyl/N-ethyl adjacent to an activating group) is 1. The van der Waals surface area contributed by atoms with E-state index in [9.17, 15) is 0 Å². The second kappa shape index (κ2) is 4.97. The fourth-order valence-electron chi connectivity index (χ4n) is 0.968. The summed E-state index contributed by atoms with van der Waals surface area (Å²) < 4.78 is 0.685. The number of hydrogen-bond acceptors (Lipinski definition) is 5. The van der Waals surface area contributed by atoms with Gasteiger partial charge in [-0.2, -0.15) is 4.98 Å². The third kappa shape index (κ3) is 3.61. The highest BCUT2D eigenvalue weighted by Gasteiger charge is 2.20. The van der Waals surface area contributed by atoms with E-state index in [1.165, 1.54) is 0 Å². The molecule has 0 radical (unpaired) electrons. The number of nitrogens with zero attached hydrogens (tertiary/aromatic N) is 3. The van der Waals surface area contributed by atoms with E-state index < -0.39 is 0 Å². The van der Waals surface area contributed by atoms with Crippen molar-refractivity contribution in [2.24, 2.45) is 0 Å². The molecule has 1 heterocycles. The zero-order valence-corrected chi connectivity index (χ0v) is 11.7. The van der Waals surface area contributed by atoms with Crippen LogP contribution in [0.4, 0.5) is 11.8 Å². The van der Waals surface area contributed by atoms with Crippen LogP contribution >= 0.6 is 15.9 Å². The maximum absolute atomic E-state index is 5.63. The van der Waals surface area contributed by atoms with Gasteiger partial charge in [-0.3, -0.25) is 0 Å². The Morgan fingerprint density at radius 3 is 2.56 bits per heavy atom. The Morgan fingerprint density at radius 2 is 2.06 bits per heavy atom. The van der Waals surface area contributed by atoms with E-state index in [2.05, 4.69) is 50.0 Å². The van der Waals surface area contributed by atoms with Gasteiger partial charge < -0.3 is 16.0 Å². The van der Waals surface area contributed by atoms with Crippen LogP contribution in [0.3, 0.4) is 0 Å². The van der Waals surface area contributed by atoms with Crippen molar-refractivity contribution in [1.29, 1.82) is 0 Å². The summed E-state index contributed by atoms with van der Waals surface area (Å²) in [5, 5.41) is 3.17. The minimum Gasteiger partial charge on any atom is -0.383 e. The molecule has 0 saturated carbocycles. The Bertz CT molecular complexity index is 344. The molecular weight excluding hydrogens is 270 g/mol. The van der Waals surface area contributed by atoms with Crippen LogP contribution in [-0.2, 0) is 0 Å². The first kappa shape index (κ1) is 13.2. The smallest absolute Gasteiger partial charge is 0.225 e. The molecule has 6 heteroatoms. The SMILES string of the molecule is CN(C)C(C)(C)CNc1nc(N)cc(Br)n1. The van der Waals surface area contributed by atoms with E-state index >= 15 is 0 Å². The van der Waals surface area contributed by atoms with Crippen LogP contribution in [0.5, 0.6) is 0 Å². The molecule has 1 aromatic heterocycles. The first-order valence-corrected chi connectivity index (χ1v) is 5.82. The average molecular weight is 288 g/mol. The Kier molecular flexibility index (Phi) is 4.09. The van der Waals surface area contributed by atoms with Crippen molar-refractivity contribution in [2.75, 3.05) is 31.7 Å². The molecule has 0 aliphatic heterocycles. The Morgan fingerprint density at radius 1 is 1.44 bits per heavy atom. The average Bonchev–Trinajstić information content (AvgIpc) is 2.13. The van der Waals surface area contributed by atoms with Gasteiger partial charge in [0.1, 0.15) is 10.4 Å². The number of rotatable bonds is 4. The molecule has 0 aromatic carbocycles. The summed E-state index contributed by atoms with van der Waals surface area (Å²) in [4.78, 5) is 10.4. The third-order valence-corrected chi connectivity index (χ3v) is 3.01. The molecule has 0 amide bonds. The summed E-state index contributed by atoms with van der Waals surface area (Å²) in [5.41, 5.74) is 5.66. The number of nitrogens with one attached hydrogen (secondary N) is 1. The van der Waals surface area contributed by atoms with Crippen molar-refractivity contribution in [3.05, 3.63) is 10.7 Å². The van der Waals surface area contributed by atoms with Crippen LogP contribution < -0.4 is 11.1 Å². The monoisotopic (exact) mass is 287 g/mol. The molecule has 0 spiro atoms. The van der Waals surface area contributed by atoms with Crippen molar-refractivity contribution < 1.29 is 0 Å². The molecule has 3 N–H and O–H groups in total. The van der Waals surface area contributed by atoms with Gasteiger partial charge in [0.2, 0.25) is 5.95 Å². The highest BCUT2D eigenvalue weighted by Crippen LogP contribution is 2.14. The van der Waals surface area contributed by atoms with Gasteiger partial charge in [-0.1, -0.05) is 0 Å². The van der Waals surface area contributed by atoms with E-state index in [4.69, 9.17) is 5.73 Å². The van der Waals surface area contributed by atoms with Crippen LogP contribution in [0.25, 0.3) is 0 Å². The predicted molar refractivity (Wildman–Crippen MR) is 70.4 cm³/mol. The summed E-state index contributed by atoms with van der Waals surface area (Å²) >= 11 is 3.28. The Hall–Kier alpha value is -0.880. The van der Waals surface area contributed by atoms with Gasteiger partial charge in [-0.15, -0.1) is 0 Å². The lowest BCUT2D eigenvalue weighted by Crippen LogP contribution is -2.44. The van der Waals surface area contributed by atoms with Crippen molar-refractivity contribution >= 4 is 27.7 Å². The van der Waals surface area contributed by atoms with Crippen molar-refractivity contribution in [3.63, 3.8) is 0 Å². The molecule has 1 aromatic rings. The Balaban J connectivity index is 2.68. The lowest BCUT2D eigenvalue weighted by Gasteiger charge is -2.32. The number of aromatic nitrogens is 2. The molecule has 0 bridgehead atoms. The van der Waals surface area contributed by atoms with Gasteiger partial charge >= 0.3 is 0 Å². The zero-order valence-electron chi connectivity index (χ0n) is 10.1. The second-order valence-corrected chi connectivity index (χ2v) is 5.31. The van der Waals surface area contributed by atoms with Crippen LogP contribution in [0, 0.1) is 0 Å². The summed E-state index contributed by atoms with van der Waals surface area (Å²) in [7, 11) is 4.08. The van der Waals surface area contributed by atoms with Gasteiger partial charge in [0.25, 0.3) is 0 Å². The van der Waals surface area contributed by atoms with Crippen LogP contribution in [0.2, 0.25) is 0 Å². The fraction of sp³-hybridized carbons (Fsp3) is 0.600. The van der Waals surface area contributed by atoms with E-state index in [1.54, 1.807) is 6.07 Å². The Labute approximate surface area is 105 Å². The number of hydrogen-bond donors (Lipinski definition) is 2. The number of nitrogens with two attached hydrogens (primary N) is 1. The van der Waals surface area contributed by atoms with Crippen molar-refractivity contribution in [1.82, 2.24) is 14.9 Å². The van der Waals surface area contributed by atoms with Crippen molar-refractivity contribution in [3.8, 4) is 0 Å². The standard InChI is InChI=1S/C10H18BrN5/c1-10(2,16(3)4)6-13-9-14-7(11)5-8(12)15-9/h5H,6H2,1-4H3,(H3,12,13,14,15). The zero-order chi connectivity index (χ0) is 12.3. The van der Waals surface area contributed by atoms with E-state index in [0.717, 1.165) is 6.54 Å². The number of anilines is 2. The maximum atomic E-state index is 5.63. The van der Waals surface area contributed by atoms with Gasteiger partial charge in [0.15, 0.2) is 0 Å². The summed E-state index contributed by atoms with van der Waals surface area (Å²) in [5.74, 6) is 0.994. The molecule has 1 rings (SSSR count). The normalized spacial score (nSPS) is 11.9. The van der Waals surface area contributed by atoms with Gasteiger partial charge in [0.05, 0.1) is 0 Å². The largest absolute Gasteiger partial charge is 0.383 e. The van der Waals surface area contributed by atoms with Crippen LogP contribution in [-0.4, -0.2) is 41.0 Å². The minimum atomic E-state index is 0.0282. The van der Waals surface area contributed by atoms with E-state index in [1.807, 2.05) is 14.1 Å². The summed E-state index contributed by atoms with van der Waals surface area (Å²) in [6.07, 6.45) is 0. The third-order valence-electron chi connectivity index (χ3n) is 2.60. The molecular formula is C10H18BrN5. The molecule has 0 aliphatic rings. The first-order chi connectivity index (χ1) is 7.31. The summed E-state index contributed by atoms with van der Waals surface area (Å²) in [6.45, 7) is 5.03. The molecule has 0 unspecified atom stereocenters. The lowest BCUT2D eigenvalue weighted by molar-refractivity contribution is 0.209. The quantitative estimate of drug-likeness (QED) is 0.823. The molecule has 0 atom stereocenters. The highest BCUT2D eigenvalue weighted by atomic mass is 79.9. The van der Waals surface area contributed by atoms with E-state index in [0.29, 0.717) is 16.4 Å². The fourth-order valence-corrected chi connectivity index (χ4v) is 1.37. The first-order valence-electron chi connectivity index (χ1n) is 5.02. The number of nitrogen functional groups attached to an aromatic ring is 1. The number of halogens is 1. The molecule has 0 saturated heterocycles. The maximum Gasteiger partial charge on any atom is 0.225 e. The lowest BCUT2D eigenvalue weighted by atomic mass is 10.1. The van der Waals surface area contributed by atoms with Crippen LogP contribution in [0.1, 0.15) is 13.8 Å². The minimum absolute atomic E-state index is 0.0282. The second-order valence-electron chi connectivity index (χ2n) is 4.50. The van der Waals surface area contributed by atoms with Gasteiger partial charge in [-0.25, -0.2) is 4.98 Å². The predicted octanol–water partition coefficient (Wildman–Crippen LogP) is 1.57.